The van der Waals surface area contributed by atoms with E-state index in [9.17, 15) is 9.18 Å². The summed E-state index contributed by atoms with van der Waals surface area (Å²) >= 11 is 0. The molecule has 128 valence electrons. The molecule has 2 aromatic carbocycles. The summed E-state index contributed by atoms with van der Waals surface area (Å²) in [7, 11) is 0. The average molecular weight is 349 g/mol. The van der Waals surface area contributed by atoms with Crippen molar-refractivity contribution in [1.29, 1.82) is 0 Å². The average Bonchev–Trinajstić information content (AvgIpc) is 3.35. The summed E-state index contributed by atoms with van der Waals surface area (Å²) in [4.78, 5) is 17.7. The van der Waals surface area contributed by atoms with Crippen LogP contribution in [0.3, 0.4) is 0 Å². The molecule has 0 saturated carbocycles. The van der Waals surface area contributed by atoms with Crippen LogP contribution in [0.5, 0.6) is 0 Å². The molecule has 0 atom stereocenters. The van der Waals surface area contributed by atoms with Crippen LogP contribution >= 0.6 is 0 Å². The molecule has 26 heavy (non-hydrogen) atoms. The van der Waals surface area contributed by atoms with E-state index in [2.05, 4.69) is 25.6 Å². The fraction of sp³-hybridized carbons (Fsp3) is 0. The van der Waals surface area contributed by atoms with E-state index in [1.54, 1.807) is 22.9 Å². The Kier molecular flexibility index (Phi) is 3.94. The van der Waals surface area contributed by atoms with E-state index in [-0.39, 0.29) is 11.5 Å². The third kappa shape index (κ3) is 3.05. The first-order chi connectivity index (χ1) is 12.7. The number of rotatable bonds is 4. The SMILES string of the molecule is O=C(Nc1ccccc1-n1cncn1)c1cnn(-c2ccc(F)cc2)n1. The van der Waals surface area contributed by atoms with Crippen LogP contribution in [-0.4, -0.2) is 35.7 Å². The summed E-state index contributed by atoms with van der Waals surface area (Å²) in [6.45, 7) is 0. The summed E-state index contributed by atoms with van der Waals surface area (Å²) in [6.07, 6.45) is 4.29. The van der Waals surface area contributed by atoms with E-state index < -0.39 is 5.91 Å². The van der Waals surface area contributed by atoms with Crippen molar-refractivity contribution in [1.82, 2.24) is 29.8 Å². The van der Waals surface area contributed by atoms with Gasteiger partial charge in [0.05, 0.1) is 23.3 Å². The van der Waals surface area contributed by atoms with Gasteiger partial charge < -0.3 is 5.32 Å². The Labute approximate surface area is 146 Å². The molecular formula is C17H12FN7O. The molecule has 4 rings (SSSR count). The lowest BCUT2D eigenvalue weighted by atomic mass is 10.2. The van der Waals surface area contributed by atoms with E-state index >= 15 is 0 Å². The van der Waals surface area contributed by atoms with Gasteiger partial charge in [0.15, 0.2) is 5.69 Å². The molecule has 0 saturated heterocycles. The second-order valence-corrected chi connectivity index (χ2v) is 5.31. The first kappa shape index (κ1) is 15.6. The van der Waals surface area contributed by atoms with E-state index in [1.807, 2.05) is 6.07 Å². The molecule has 0 fully saturated rings. The van der Waals surface area contributed by atoms with Gasteiger partial charge in [0, 0.05) is 0 Å². The second-order valence-electron chi connectivity index (χ2n) is 5.31. The summed E-state index contributed by atoms with van der Waals surface area (Å²) < 4.78 is 14.6. The Morgan fingerprint density at radius 3 is 2.62 bits per heavy atom. The standard InChI is InChI=1S/C17H12FN7O/c18-12-5-7-13(8-6-12)25-20-9-15(23-25)17(26)22-14-3-1-2-4-16(14)24-11-19-10-21-24/h1-11H,(H,22,26). The molecule has 0 aliphatic carbocycles. The van der Waals surface area contributed by atoms with Crippen LogP contribution in [0.25, 0.3) is 11.4 Å². The van der Waals surface area contributed by atoms with Crippen molar-refractivity contribution in [2.24, 2.45) is 0 Å². The maximum absolute atomic E-state index is 13.0. The molecule has 0 radical (unpaired) electrons. The molecule has 0 bridgehead atoms. The highest BCUT2D eigenvalue weighted by Gasteiger charge is 2.14. The van der Waals surface area contributed by atoms with Crippen LogP contribution in [0.1, 0.15) is 10.5 Å². The first-order valence-electron chi connectivity index (χ1n) is 7.64. The molecule has 0 unspecified atom stereocenters. The van der Waals surface area contributed by atoms with Gasteiger partial charge in [-0.15, -0.1) is 5.10 Å². The predicted octanol–water partition coefficient (Wildman–Crippen LogP) is 2.24. The quantitative estimate of drug-likeness (QED) is 0.610. The zero-order chi connectivity index (χ0) is 17.9. The van der Waals surface area contributed by atoms with Crippen molar-refractivity contribution >= 4 is 11.6 Å². The molecule has 4 aromatic rings. The Morgan fingerprint density at radius 2 is 1.85 bits per heavy atom. The third-order valence-electron chi connectivity index (χ3n) is 3.60. The minimum Gasteiger partial charge on any atom is -0.319 e. The fourth-order valence-electron chi connectivity index (χ4n) is 2.36. The first-order valence-corrected chi connectivity index (χ1v) is 7.64. The highest BCUT2D eigenvalue weighted by molar-refractivity contribution is 6.03. The Bertz CT molecular complexity index is 1040. The third-order valence-corrected chi connectivity index (χ3v) is 3.60. The highest BCUT2D eigenvalue weighted by atomic mass is 19.1. The number of carbonyl (C=O) groups is 1. The normalized spacial score (nSPS) is 10.7. The number of aromatic nitrogens is 6. The number of nitrogens with zero attached hydrogens (tertiary/aromatic N) is 6. The molecule has 0 spiro atoms. The van der Waals surface area contributed by atoms with Gasteiger partial charge in [-0.1, -0.05) is 12.1 Å². The van der Waals surface area contributed by atoms with Crippen LogP contribution < -0.4 is 5.32 Å². The number of para-hydroxylation sites is 2. The number of hydrogen-bond acceptors (Lipinski definition) is 5. The van der Waals surface area contributed by atoms with E-state index in [4.69, 9.17) is 0 Å². The number of nitrogens with one attached hydrogen (secondary N) is 1. The van der Waals surface area contributed by atoms with Crippen molar-refractivity contribution < 1.29 is 9.18 Å². The maximum Gasteiger partial charge on any atom is 0.277 e. The van der Waals surface area contributed by atoms with Gasteiger partial charge in [-0.2, -0.15) is 15.0 Å². The molecule has 1 N–H and O–H groups in total. The molecule has 9 heteroatoms. The molecular weight excluding hydrogens is 337 g/mol. The second kappa shape index (κ2) is 6.55. The van der Waals surface area contributed by atoms with E-state index in [0.29, 0.717) is 17.1 Å². The molecule has 0 aliphatic heterocycles. The summed E-state index contributed by atoms with van der Waals surface area (Å²) in [6, 6.07) is 12.8. The maximum atomic E-state index is 13.0. The molecule has 2 heterocycles. The number of benzene rings is 2. The number of carbonyl (C=O) groups excluding carboxylic acids is 1. The summed E-state index contributed by atoms with van der Waals surface area (Å²) in [5.41, 5.74) is 1.90. The van der Waals surface area contributed by atoms with Crippen molar-refractivity contribution in [2.75, 3.05) is 5.32 Å². The van der Waals surface area contributed by atoms with Crippen LogP contribution in [0.2, 0.25) is 0 Å². The fourth-order valence-corrected chi connectivity index (χ4v) is 2.36. The number of anilines is 1. The van der Waals surface area contributed by atoms with Crippen molar-refractivity contribution in [3.8, 4) is 11.4 Å². The Morgan fingerprint density at radius 1 is 1.04 bits per heavy atom. The molecule has 0 aliphatic rings. The number of amides is 1. The van der Waals surface area contributed by atoms with Crippen molar-refractivity contribution in [3.63, 3.8) is 0 Å². The molecule has 2 aromatic heterocycles. The topological polar surface area (TPSA) is 90.5 Å². The lowest BCUT2D eigenvalue weighted by Gasteiger charge is -2.09. The summed E-state index contributed by atoms with van der Waals surface area (Å²) in [5, 5.41) is 15.0. The zero-order valence-corrected chi connectivity index (χ0v) is 13.3. The van der Waals surface area contributed by atoms with Crippen molar-refractivity contribution in [2.45, 2.75) is 0 Å². The monoisotopic (exact) mass is 349 g/mol. The lowest BCUT2D eigenvalue weighted by Crippen LogP contribution is -2.15. The van der Waals surface area contributed by atoms with Crippen molar-refractivity contribution in [3.05, 3.63) is 78.9 Å². The lowest BCUT2D eigenvalue weighted by molar-refractivity contribution is 0.102. The van der Waals surface area contributed by atoms with Gasteiger partial charge in [0.2, 0.25) is 0 Å². The van der Waals surface area contributed by atoms with Gasteiger partial charge in [-0.3, -0.25) is 4.79 Å². The van der Waals surface area contributed by atoms with Crippen LogP contribution in [0.15, 0.2) is 67.4 Å². The summed E-state index contributed by atoms with van der Waals surface area (Å²) in [5.74, 6) is -0.783. The van der Waals surface area contributed by atoms with Gasteiger partial charge in [-0.25, -0.2) is 14.1 Å². The Balaban J connectivity index is 1.58. The molecule has 1 amide bonds. The number of halogens is 1. The van der Waals surface area contributed by atoms with Gasteiger partial charge in [0.1, 0.15) is 18.5 Å². The smallest absolute Gasteiger partial charge is 0.277 e. The van der Waals surface area contributed by atoms with Gasteiger partial charge >= 0.3 is 0 Å². The minimum absolute atomic E-state index is 0.128. The minimum atomic E-state index is -0.425. The van der Waals surface area contributed by atoms with Crippen LogP contribution in [0.4, 0.5) is 10.1 Å². The largest absolute Gasteiger partial charge is 0.319 e. The predicted molar refractivity (Wildman–Crippen MR) is 90.6 cm³/mol. The van der Waals surface area contributed by atoms with Crippen LogP contribution in [-0.2, 0) is 0 Å². The van der Waals surface area contributed by atoms with E-state index in [0.717, 1.165) is 0 Å². The van der Waals surface area contributed by atoms with Gasteiger partial charge in [0.25, 0.3) is 5.91 Å². The number of hydrogen-bond donors (Lipinski definition) is 1. The van der Waals surface area contributed by atoms with E-state index in [1.165, 1.54) is 47.9 Å². The molecule has 8 nitrogen and oxygen atoms in total. The van der Waals surface area contributed by atoms with Crippen LogP contribution in [0, 0.1) is 5.82 Å². The zero-order valence-electron chi connectivity index (χ0n) is 13.3. The highest BCUT2D eigenvalue weighted by Crippen LogP contribution is 2.19. The van der Waals surface area contributed by atoms with Gasteiger partial charge in [-0.05, 0) is 36.4 Å². The Hall–Kier alpha value is -3.88.